The van der Waals surface area contributed by atoms with Gasteiger partial charge in [-0.3, -0.25) is 0 Å². The van der Waals surface area contributed by atoms with Crippen molar-refractivity contribution in [2.45, 2.75) is 6.61 Å². The summed E-state index contributed by atoms with van der Waals surface area (Å²) in [6.45, 7) is 0.211. The van der Waals surface area contributed by atoms with Gasteiger partial charge in [-0.05, 0) is 24.3 Å². The smallest absolute Gasteiger partial charge is 0.151 e. The zero-order chi connectivity index (χ0) is 13.2. The summed E-state index contributed by atoms with van der Waals surface area (Å²) in [4.78, 5) is 7.17. The number of anilines is 1. The van der Waals surface area contributed by atoms with E-state index in [-0.39, 0.29) is 12.4 Å². The molecular formula is C14H12FN3O. The molecule has 0 amide bonds. The third-order valence-electron chi connectivity index (χ3n) is 2.80. The average Bonchev–Trinajstić information content (AvgIpc) is 2.82. The number of aromatic nitrogens is 2. The number of fused-ring (bicyclic) bond motifs is 1. The summed E-state index contributed by atoms with van der Waals surface area (Å²) in [5.41, 5.74) is 7.30. The number of ether oxygens (including phenoxy) is 1. The molecule has 19 heavy (non-hydrogen) atoms. The lowest BCUT2D eigenvalue weighted by Crippen LogP contribution is -1.99. The second-order valence-electron chi connectivity index (χ2n) is 4.15. The first-order chi connectivity index (χ1) is 9.24. The Morgan fingerprint density at radius 3 is 2.79 bits per heavy atom. The van der Waals surface area contributed by atoms with E-state index in [4.69, 9.17) is 10.5 Å². The number of halogens is 1. The summed E-state index contributed by atoms with van der Waals surface area (Å²) in [6, 6.07) is 12.0. The molecule has 0 unspecified atom stereocenters. The van der Waals surface area contributed by atoms with Crippen molar-refractivity contribution in [3.8, 4) is 5.75 Å². The molecule has 0 bridgehead atoms. The van der Waals surface area contributed by atoms with Gasteiger partial charge in [-0.2, -0.15) is 0 Å². The first kappa shape index (κ1) is 11.5. The number of nitrogens with two attached hydrogens (primary N) is 1. The van der Waals surface area contributed by atoms with Gasteiger partial charge in [0.25, 0.3) is 0 Å². The van der Waals surface area contributed by atoms with Crippen molar-refractivity contribution in [2.75, 3.05) is 5.73 Å². The molecular weight excluding hydrogens is 245 g/mol. The van der Waals surface area contributed by atoms with Gasteiger partial charge < -0.3 is 15.5 Å². The minimum absolute atomic E-state index is 0.211. The first-order valence-corrected chi connectivity index (χ1v) is 5.84. The second-order valence-corrected chi connectivity index (χ2v) is 4.15. The van der Waals surface area contributed by atoms with Crippen LogP contribution in [0.5, 0.6) is 5.75 Å². The maximum absolute atomic E-state index is 13.5. The molecule has 0 radical (unpaired) electrons. The van der Waals surface area contributed by atoms with Crippen LogP contribution in [0.25, 0.3) is 11.0 Å². The highest BCUT2D eigenvalue weighted by molar-refractivity contribution is 5.75. The summed E-state index contributed by atoms with van der Waals surface area (Å²) in [6.07, 6.45) is 0. The molecule has 0 saturated heterocycles. The summed E-state index contributed by atoms with van der Waals surface area (Å²) >= 11 is 0. The van der Waals surface area contributed by atoms with Crippen LogP contribution in [0.2, 0.25) is 0 Å². The third kappa shape index (κ3) is 2.22. The minimum Gasteiger partial charge on any atom is -0.484 e. The Hall–Kier alpha value is -2.56. The Morgan fingerprint density at radius 1 is 1.16 bits per heavy atom. The summed E-state index contributed by atoms with van der Waals surface area (Å²) in [7, 11) is 0. The van der Waals surface area contributed by atoms with Crippen LogP contribution in [-0.4, -0.2) is 9.97 Å². The number of rotatable bonds is 3. The molecule has 0 atom stereocenters. The molecule has 2 aromatic carbocycles. The quantitative estimate of drug-likeness (QED) is 0.709. The zero-order valence-electron chi connectivity index (χ0n) is 10.1. The first-order valence-electron chi connectivity index (χ1n) is 5.84. The topological polar surface area (TPSA) is 63.9 Å². The third-order valence-corrected chi connectivity index (χ3v) is 2.80. The maximum atomic E-state index is 13.5. The van der Waals surface area contributed by atoms with Gasteiger partial charge in [-0.15, -0.1) is 0 Å². The average molecular weight is 257 g/mol. The number of imidazole rings is 1. The van der Waals surface area contributed by atoms with Gasteiger partial charge in [0.1, 0.15) is 23.7 Å². The van der Waals surface area contributed by atoms with Crippen molar-refractivity contribution >= 4 is 16.7 Å². The summed E-state index contributed by atoms with van der Waals surface area (Å²) < 4.78 is 19.0. The lowest BCUT2D eigenvalue weighted by molar-refractivity contribution is 0.299. The molecule has 0 saturated carbocycles. The summed E-state index contributed by atoms with van der Waals surface area (Å²) in [5.74, 6) is 0.797. The van der Waals surface area contributed by atoms with Crippen LogP contribution in [0.3, 0.4) is 0 Å². The van der Waals surface area contributed by atoms with Crippen LogP contribution >= 0.6 is 0 Å². The van der Waals surface area contributed by atoms with Crippen molar-refractivity contribution in [1.82, 2.24) is 9.97 Å². The lowest BCUT2D eigenvalue weighted by atomic mass is 10.3. The van der Waals surface area contributed by atoms with Crippen LogP contribution in [0.15, 0.2) is 42.5 Å². The highest BCUT2D eigenvalue weighted by Crippen LogP contribution is 2.21. The molecule has 3 N–H and O–H groups in total. The van der Waals surface area contributed by atoms with Crippen LogP contribution in [0.4, 0.5) is 10.1 Å². The number of aromatic amines is 1. The van der Waals surface area contributed by atoms with Crippen LogP contribution in [0, 0.1) is 5.82 Å². The fourth-order valence-electron chi connectivity index (χ4n) is 1.87. The van der Waals surface area contributed by atoms with Crippen molar-refractivity contribution < 1.29 is 9.13 Å². The lowest BCUT2D eigenvalue weighted by Gasteiger charge is -2.06. The van der Waals surface area contributed by atoms with E-state index in [1.807, 2.05) is 12.1 Å². The Balaban J connectivity index is 1.83. The fourth-order valence-corrected chi connectivity index (χ4v) is 1.87. The van der Waals surface area contributed by atoms with E-state index in [1.54, 1.807) is 24.3 Å². The van der Waals surface area contributed by atoms with E-state index >= 15 is 0 Å². The largest absolute Gasteiger partial charge is 0.484 e. The molecule has 96 valence electrons. The van der Waals surface area contributed by atoms with Crippen LogP contribution < -0.4 is 10.5 Å². The number of nitrogens with zero attached hydrogens (tertiary/aromatic N) is 1. The molecule has 1 heterocycles. The van der Waals surface area contributed by atoms with E-state index in [9.17, 15) is 4.39 Å². The van der Waals surface area contributed by atoms with Crippen molar-refractivity contribution in [2.24, 2.45) is 0 Å². The van der Waals surface area contributed by atoms with E-state index < -0.39 is 0 Å². The Morgan fingerprint density at radius 2 is 2.00 bits per heavy atom. The van der Waals surface area contributed by atoms with Gasteiger partial charge in [-0.25, -0.2) is 9.37 Å². The van der Waals surface area contributed by atoms with Gasteiger partial charge in [0.05, 0.1) is 11.2 Å². The Kier molecular flexibility index (Phi) is 2.79. The normalized spacial score (nSPS) is 10.8. The number of hydrogen-bond acceptors (Lipinski definition) is 3. The highest BCUT2D eigenvalue weighted by Gasteiger charge is 2.07. The van der Waals surface area contributed by atoms with Gasteiger partial charge in [0.2, 0.25) is 0 Å². The number of H-pyrrole nitrogens is 1. The standard InChI is InChI=1S/C14H12FN3O/c15-9-4-3-6-11-14(9)18-13(17-11)8-19-12-7-2-1-5-10(12)16/h1-7H,8,16H2,(H,17,18). The molecule has 0 aliphatic carbocycles. The number of nitrogens with one attached hydrogen (secondary N) is 1. The SMILES string of the molecule is Nc1ccccc1OCc1nc2c(F)cccc2[nH]1. The zero-order valence-corrected chi connectivity index (χ0v) is 10.1. The van der Waals surface area contributed by atoms with E-state index in [0.717, 1.165) is 0 Å². The molecule has 0 aliphatic rings. The van der Waals surface area contributed by atoms with Gasteiger partial charge in [0, 0.05) is 0 Å². The van der Waals surface area contributed by atoms with Crippen molar-refractivity contribution in [1.29, 1.82) is 0 Å². The van der Waals surface area contributed by atoms with Gasteiger partial charge in [-0.1, -0.05) is 18.2 Å². The predicted octanol–water partition coefficient (Wildman–Crippen LogP) is 2.86. The van der Waals surface area contributed by atoms with E-state index in [2.05, 4.69) is 9.97 Å². The van der Waals surface area contributed by atoms with Gasteiger partial charge in [0.15, 0.2) is 5.82 Å². The summed E-state index contributed by atoms with van der Waals surface area (Å²) in [5, 5.41) is 0. The van der Waals surface area contributed by atoms with E-state index in [0.29, 0.717) is 28.3 Å². The molecule has 0 fully saturated rings. The van der Waals surface area contributed by atoms with E-state index in [1.165, 1.54) is 6.07 Å². The molecule has 0 aliphatic heterocycles. The molecule has 5 heteroatoms. The minimum atomic E-state index is -0.348. The van der Waals surface area contributed by atoms with Crippen LogP contribution in [0.1, 0.15) is 5.82 Å². The number of hydrogen-bond donors (Lipinski definition) is 2. The molecule has 3 aromatic rings. The van der Waals surface area contributed by atoms with Crippen molar-refractivity contribution in [3.05, 3.63) is 54.1 Å². The highest BCUT2D eigenvalue weighted by atomic mass is 19.1. The molecule has 0 spiro atoms. The van der Waals surface area contributed by atoms with Crippen LogP contribution in [-0.2, 0) is 6.61 Å². The number of benzene rings is 2. The monoisotopic (exact) mass is 257 g/mol. The molecule has 4 nitrogen and oxygen atoms in total. The number of nitrogen functional groups attached to an aromatic ring is 1. The Labute approximate surface area is 109 Å². The predicted molar refractivity (Wildman–Crippen MR) is 71.2 cm³/mol. The van der Waals surface area contributed by atoms with Gasteiger partial charge >= 0.3 is 0 Å². The molecule has 3 rings (SSSR count). The second kappa shape index (κ2) is 4.61. The molecule has 1 aromatic heterocycles. The maximum Gasteiger partial charge on any atom is 0.151 e. The fraction of sp³-hybridized carbons (Fsp3) is 0.0714. The Bertz CT molecular complexity index is 724. The van der Waals surface area contributed by atoms with Crippen molar-refractivity contribution in [3.63, 3.8) is 0 Å². The number of para-hydroxylation sites is 3.